The Labute approximate surface area is 180 Å². The zero-order valence-corrected chi connectivity index (χ0v) is 17.7. The maximum atomic E-state index is 11.1. The highest BCUT2D eigenvalue weighted by Gasteiger charge is 2.20. The SMILES string of the molecule is CC(C)n1cnc2c(NCc3ccc(/C=C/C(=O)NO)cc3)nc(N3CCCC3)nc21. The molecule has 0 bridgehead atoms. The van der Waals surface area contributed by atoms with Crippen molar-refractivity contribution in [2.75, 3.05) is 23.3 Å². The Balaban J connectivity index is 1.56. The highest BCUT2D eigenvalue weighted by atomic mass is 16.5. The van der Waals surface area contributed by atoms with Crippen LogP contribution < -0.4 is 15.7 Å². The summed E-state index contributed by atoms with van der Waals surface area (Å²) in [6.45, 7) is 6.77. The first-order chi connectivity index (χ1) is 15.0. The molecular weight excluding hydrogens is 394 g/mol. The van der Waals surface area contributed by atoms with Gasteiger partial charge in [0.2, 0.25) is 5.95 Å². The largest absolute Gasteiger partial charge is 0.364 e. The second kappa shape index (κ2) is 9.13. The van der Waals surface area contributed by atoms with Crippen LogP contribution in [-0.4, -0.2) is 43.7 Å². The average Bonchev–Trinajstić information content (AvgIpc) is 3.46. The molecule has 0 atom stereocenters. The third kappa shape index (κ3) is 4.66. The van der Waals surface area contributed by atoms with Gasteiger partial charge in [-0.05, 0) is 43.9 Å². The van der Waals surface area contributed by atoms with Gasteiger partial charge in [0.05, 0.1) is 6.33 Å². The summed E-state index contributed by atoms with van der Waals surface area (Å²) in [6, 6.07) is 8.05. The van der Waals surface area contributed by atoms with E-state index in [4.69, 9.17) is 15.2 Å². The first kappa shape index (κ1) is 20.8. The fourth-order valence-electron chi connectivity index (χ4n) is 3.61. The summed E-state index contributed by atoms with van der Waals surface area (Å²) >= 11 is 0. The van der Waals surface area contributed by atoms with Crippen molar-refractivity contribution in [2.24, 2.45) is 0 Å². The second-order valence-corrected chi connectivity index (χ2v) is 7.89. The van der Waals surface area contributed by atoms with Crippen LogP contribution in [0.2, 0.25) is 0 Å². The number of fused-ring (bicyclic) bond motifs is 1. The molecule has 0 unspecified atom stereocenters. The number of nitrogens with one attached hydrogen (secondary N) is 2. The summed E-state index contributed by atoms with van der Waals surface area (Å²) in [7, 11) is 0. The van der Waals surface area contributed by atoms with Crippen LogP contribution >= 0.6 is 0 Å². The van der Waals surface area contributed by atoms with Gasteiger partial charge in [-0.3, -0.25) is 10.0 Å². The van der Waals surface area contributed by atoms with Crippen molar-refractivity contribution >= 4 is 34.9 Å². The summed E-state index contributed by atoms with van der Waals surface area (Å²) < 4.78 is 2.07. The normalized spacial score (nSPS) is 14.1. The number of amides is 1. The zero-order valence-electron chi connectivity index (χ0n) is 17.7. The number of hydrogen-bond acceptors (Lipinski definition) is 7. The van der Waals surface area contributed by atoms with E-state index < -0.39 is 5.91 Å². The van der Waals surface area contributed by atoms with Crippen molar-refractivity contribution in [2.45, 2.75) is 39.3 Å². The van der Waals surface area contributed by atoms with Gasteiger partial charge in [0.25, 0.3) is 5.91 Å². The number of nitrogens with zero attached hydrogens (tertiary/aromatic N) is 5. The van der Waals surface area contributed by atoms with E-state index in [0.717, 1.165) is 60.0 Å². The van der Waals surface area contributed by atoms with Crippen LogP contribution in [0.5, 0.6) is 0 Å². The summed E-state index contributed by atoms with van der Waals surface area (Å²) in [6.07, 6.45) is 7.06. The third-order valence-electron chi connectivity index (χ3n) is 5.33. The van der Waals surface area contributed by atoms with Crippen LogP contribution in [0.4, 0.5) is 11.8 Å². The Morgan fingerprint density at radius 3 is 2.61 bits per heavy atom. The van der Waals surface area contributed by atoms with E-state index in [1.54, 1.807) is 11.6 Å². The molecule has 3 N–H and O–H groups in total. The molecule has 0 saturated carbocycles. The molecule has 1 aromatic carbocycles. The number of imidazole rings is 1. The second-order valence-electron chi connectivity index (χ2n) is 7.89. The number of carbonyl (C=O) groups is 1. The number of anilines is 2. The fraction of sp³-hybridized carbons (Fsp3) is 0.364. The van der Waals surface area contributed by atoms with Crippen molar-refractivity contribution in [3.8, 4) is 0 Å². The van der Waals surface area contributed by atoms with E-state index in [0.29, 0.717) is 6.54 Å². The molecule has 0 radical (unpaired) electrons. The van der Waals surface area contributed by atoms with E-state index >= 15 is 0 Å². The Kier molecular flexibility index (Phi) is 6.13. The summed E-state index contributed by atoms with van der Waals surface area (Å²) in [5, 5.41) is 12.0. The molecule has 1 aliphatic rings. The highest BCUT2D eigenvalue weighted by Crippen LogP contribution is 2.26. The number of benzene rings is 1. The van der Waals surface area contributed by atoms with Crippen molar-refractivity contribution in [3.05, 3.63) is 47.8 Å². The zero-order chi connectivity index (χ0) is 21.8. The van der Waals surface area contributed by atoms with Crippen LogP contribution in [0.3, 0.4) is 0 Å². The molecule has 9 heteroatoms. The van der Waals surface area contributed by atoms with Gasteiger partial charge < -0.3 is 14.8 Å². The molecule has 31 heavy (non-hydrogen) atoms. The molecule has 162 valence electrons. The van der Waals surface area contributed by atoms with E-state index in [1.807, 2.05) is 30.6 Å². The smallest absolute Gasteiger partial charge is 0.267 e. The molecule has 3 heterocycles. The number of carbonyl (C=O) groups excluding carboxylic acids is 1. The van der Waals surface area contributed by atoms with Crippen LogP contribution in [0.1, 0.15) is 43.9 Å². The van der Waals surface area contributed by atoms with Crippen LogP contribution in [0.25, 0.3) is 17.2 Å². The van der Waals surface area contributed by atoms with Crippen molar-refractivity contribution in [1.29, 1.82) is 0 Å². The lowest BCUT2D eigenvalue weighted by molar-refractivity contribution is -0.124. The van der Waals surface area contributed by atoms with Gasteiger partial charge in [-0.1, -0.05) is 24.3 Å². The van der Waals surface area contributed by atoms with Gasteiger partial charge in [0.1, 0.15) is 0 Å². The molecular formula is C22H27N7O2. The third-order valence-corrected chi connectivity index (χ3v) is 5.33. The number of hydroxylamine groups is 1. The lowest BCUT2D eigenvalue weighted by Gasteiger charge is -2.17. The van der Waals surface area contributed by atoms with Crippen molar-refractivity contribution < 1.29 is 10.0 Å². The van der Waals surface area contributed by atoms with Crippen molar-refractivity contribution in [3.63, 3.8) is 0 Å². The van der Waals surface area contributed by atoms with Gasteiger partial charge in [-0.25, -0.2) is 10.5 Å². The van der Waals surface area contributed by atoms with Gasteiger partial charge >= 0.3 is 0 Å². The highest BCUT2D eigenvalue weighted by molar-refractivity contribution is 5.90. The van der Waals surface area contributed by atoms with Gasteiger partial charge in [-0.15, -0.1) is 0 Å². The molecule has 3 aromatic rings. The molecule has 1 fully saturated rings. The minimum absolute atomic E-state index is 0.257. The molecule has 1 saturated heterocycles. The fourth-order valence-corrected chi connectivity index (χ4v) is 3.61. The molecule has 1 aliphatic heterocycles. The Morgan fingerprint density at radius 1 is 1.19 bits per heavy atom. The maximum absolute atomic E-state index is 11.1. The van der Waals surface area contributed by atoms with Gasteiger partial charge in [-0.2, -0.15) is 9.97 Å². The molecule has 2 aromatic heterocycles. The average molecular weight is 422 g/mol. The predicted molar refractivity (Wildman–Crippen MR) is 120 cm³/mol. The van der Waals surface area contributed by atoms with Crippen LogP contribution in [0, 0.1) is 0 Å². The summed E-state index contributed by atoms with van der Waals surface area (Å²) in [5.41, 5.74) is 5.12. The van der Waals surface area contributed by atoms with Crippen molar-refractivity contribution in [1.82, 2.24) is 25.0 Å². The van der Waals surface area contributed by atoms with Gasteiger partial charge in [0.15, 0.2) is 17.0 Å². The first-order valence-electron chi connectivity index (χ1n) is 10.5. The predicted octanol–water partition coefficient (Wildman–Crippen LogP) is 3.14. The van der Waals surface area contributed by atoms with E-state index in [-0.39, 0.29) is 6.04 Å². The first-order valence-corrected chi connectivity index (χ1v) is 10.5. The molecule has 0 aliphatic carbocycles. The van der Waals surface area contributed by atoms with E-state index in [2.05, 4.69) is 33.6 Å². The van der Waals surface area contributed by atoms with E-state index in [9.17, 15) is 4.79 Å². The number of hydrogen-bond donors (Lipinski definition) is 3. The molecule has 4 rings (SSSR count). The topological polar surface area (TPSA) is 108 Å². The lowest BCUT2D eigenvalue weighted by Crippen LogP contribution is -2.21. The Hall–Kier alpha value is -3.46. The minimum atomic E-state index is -0.562. The Bertz CT molecular complexity index is 1080. The monoisotopic (exact) mass is 421 g/mol. The standard InChI is InChI=1S/C22H27N7O2/c1-15(2)29-14-24-19-20(25-22(26-21(19)29)28-11-3-4-12-28)23-13-17-7-5-16(6-8-17)9-10-18(30)27-31/h5-10,14-15,31H,3-4,11-13H2,1-2H3,(H,27,30)(H,23,25,26)/b10-9+. The Morgan fingerprint density at radius 2 is 1.94 bits per heavy atom. The quantitative estimate of drug-likeness (QED) is 0.305. The van der Waals surface area contributed by atoms with Gasteiger partial charge in [0, 0.05) is 31.8 Å². The maximum Gasteiger partial charge on any atom is 0.267 e. The summed E-state index contributed by atoms with van der Waals surface area (Å²) in [4.78, 5) is 27.5. The minimum Gasteiger partial charge on any atom is -0.364 e. The van der Waals surface area contributed by atoms with Crippen LogP contribution in [-0.2, 0) is 11.3 Å². The lowest BCUT2D eigenvalue weighted by atomic mass is 10.1. The number of rotatable bonds is 7. The molecule has 0 spiro atoms. The summed E-state index contributed by atoms with van der Waals surface area (Å²) in [5.74, 6) is 0.917. The number of aromatic nitrogens is 4. The molecule has 1 amide bonds. The van der Waals surface area contributed by atoms with Crippen LogP contribution in [0.15, 0.2) is 36.7 Å². The molecule has 9 nitrogen and oxygen atoms in total. The van der Waals surface area contributed by atoms with E-state index in [1.165, 1.54) is 6.08 Å².